The number of amides is 2. The van der Waals surface area contributed by atoms with Gasteiger partial charge in [-0.2, -0.15) is 0 Å². The van der Waals surface area contributed by atoms with E-state index in [4.69, 9.17) is 4.74 Å². The first kappa shape index (κ1) is 17.9. The summed E-state index contributed by atoms with van der Waals surface area (Å²) in [6.07, 6.45) is 6.29. The van der Waals surface area contributed by atoms with E-state index in [-0.39, 0.29) is 17.7 Å². The number of hydrogen-bond acceptors (Lipinski definition) is 4. The molecule has 25 heavy (non-hydrogen) atoms. The van der Waals surface area contributed by atoms with E-state index in [0.717, 1.165) is 38.2 Å². The van der Waals surface area contributed by atoms with E-state index < -0.39 is 0 Å². The highest BCUT2D eigenvalue weighted by Gasteiger charge is 2.31. The fourth-order valence-corrected chi connectivity index (χ4v) is 3.74. The molecule has 136 valence electrons. The Kier molecular flexibility index (Phi) is 6.02. The Hall–Kier alpha value is -1.95. The predicted molar refractivity (Wildman–Crippen MR) is 94.3 cm³/mol. The van der Waals surface area contributed by atoms with Crippen molar-refractivity contribution < 1.29 is 14.3 Å². The Balaban J connectivity index is 1.67. The minimum atomic E-state index is 0.0864. The van der Waals surface area contributed by atoms with E-state index >= 15 is 0 Å². The Labute approximate surface area is 149 Å². The zero-order chi connectivity index (χ0) is 17.6. The number of ether oxygens (including phenoxy) is 1. The maximum atomic E-state index is 12.9. The number of piperidine rings is 1. The average Bonchev–Trinajstić information content (AvgIpc) is 2.99. The molecule has 0 radical (unpaired) electrons. The fraction of sp³-hybridized carbons (Fsp3) is 0.632. The summed E-state index contributed by atoms with van der Waals surface area (Å²) in [6.45, 7) is 3.57. The van der Waals surface area contributed by atoms with Crippen LogP contribution >= 0.6 is 0 Å². The third kappa shape index (κ3) is 4.37. The van der Waals surface area contributed by atoms with Crippen molar-refractivity contribution in [3.05, 3.63) is 29.6 Å². The lowest BCUT2D eigenvalue weighted by Gasteiger charge is -2.27. The first-order chi connectivity index (χ1) is 12.2. The van der Waals surface area contributed by atoms with Crippen LogP contribution in [0.1, 0.15) is 41.7 Å². The molecule has 2 amide bonds. The number of likely N-dealkylation sites (tertiary alicyclic amines) is 2. The highest BCUT2D eigenvalue weighted by Crippen LogP contribution is 2.23. The molecule has 0 aromatic carbocycles. The van der Waals surface area contributed by atoms with Crippen LogP contribution in [-0.4, -0.2) is 66.5 Å². The van der Waals surface area contributed by atoms with Crippen molar-refractivity contribution in [2.24, 2.45) is 5.92 Å². The van der Waals surface area contributed by atoms with Gasteiger partial charge in [0.25, 0.3) is 5.91 Å². The standard InChI is InChI=1S/C19H27N3O3/c1-25-11-10-22-14-15(13-18(22)23)12-17-16(6-5-7-20-17)19(24)21-8-3-2-4-9-21/h5-7,15H,2-4,8-14H2,1H3/t15-/m1/s1. The zero-order valence-electron chi connectivity index (χ0n) is 14.9. The molecule has 2 aliphatic heterocycles. The molecule has 1 atom stereocenters. The van der Waals surface area contributed by atoms with Gasteiger partial charge in [-0.05, 0) is 43.7 Å². The summed E-state index contributed by atoms with van der Waals surface area (Å²) >= 11 is 0. The second-order valence-corrected chi connectivity index (χ2v) is 6.96. The van der Waals surface area contributed by atoms with E-state index in [1.165, 1.54) is 6.42 Å². The van der Waals surface area contributed by atoms with Gasteiger partial charge in [-0.3, -0.25) is 14.6 Å². The van der Waals surface area contributed by atoms with Gasteiger partial charge >= 0.3 is 0 Å². The molecule has 0 N–H and O–H groups in total. The molecule has 6 heteroatoms. The summed E-state index contributed by atoms with van der Waals surface area (Å²) in [4.78, 5) is 33.2. The third-order valence-corrected chi connectivity index (χ3v) is 5.11. The fourth-order valence-electron chi connectivity index (χ4n) is 3.74. The number of carbonyl (C=O) groups excluding carboxylic acids is 2. The monoisotopic (exact) mass is 345 g/mol. The lowest BCUT2D eigenvalue weighted by atomic mass is 9.98. The van der Waals surface area contributed by atoms with Crippen molar-refractivity contribution in [2.75, 3.05) is 39.9 Å². The SMILES string of the molecule is COCCN1C[C@H](Cc2ncccc2C(=O)N2CCCCC2)CC1=O. The molecule has 0 aliphatic carbocycles. The van der Waals surface area contributed by atoms with Crippen molar-refractivity contribution in [1.29, 1.82) is 0 Å². The molecule has 2 aliphatic rings. The Bertz CT molecular complexity index is 614. The second-order valence-electron chi connectivity index (χ2n) is 6.96. The van der Waals surface area contributed by atoms with Crippen LogP contribution in [0.3, 0.4) is 0 Å². The van der Waals surface area contributed by atoms with Crippen molar-refractivity contribution in [2.45, 2.75) is 32.1 Å². The number of methoxy groups -OCH3 is 1. The Morgan fingerprint density at radius 3 is 2.88 bits per heavy atom. The minimum absolute atomic E-state index is 0.0864. The molecule has 3 rings (SSSR count). The van der Waals surface area contributed by atoms with Crippen LogP contribution < -0.4 is 0 Å². The van der Waals surface area contributed by atoms with E-state index in [0.29, 0.717) is 31.6 Å². The van der Waals surface area contributed by atoms with Crippen LogP contribution in [0.2, 0.25) is 0 Å². The number of aromatic nitrogens is 1. The quantitative estimate of drug-likeness (QED) is 0.788. The van der Waals surface area contributed by atoms with Gasteiger partial charge in [-0.1, -0.05) is 0 Å². The van der Waals surface area contributed by atoms with Crippen LogP contribution in [-0.2, 0) is 16.0 Å². The van der Waals surface area contributed by atoms with Gasteiger partial charge in [-0.15, -0.1) is 0 Å². The summed E-state index contributed by atoms with van der Waals surface area (Å²) < 4.78 is 5.07. The van der Waals surface area contributed by atoms with Gasteiger partial charge in [0.2, 0.25) is 5.91 Å². The largest absolute Gasteiger partial charge is 0.383 e. The second kappa shape index (κ2) is 8.43. The van der Waals surface area contributed by atoms with E-state index in [2.05, 4.69) is 4.98 Å². The van der Waals surface area contributed by atoms with E-state index in [9.17, 15) is 9.59 Å². The highest BCUT2D eigenvalue weighted by atomic mass is 16.5. The molecule has 0 saturated carbocycles. The molecule has 0 unspecified atom stereocenters. The van der Waals surface area contributed by atoms with Gasteiger partial charge in [0.15, 0.2) is 0 Å². The Morgan fingerprint density at radius 1 is 1.32 bits per heavy atom. The minimum Gasteiger partial charge on any atom is -0.383 e. The van der Waals surface area contributed by atoms with Crippen LogP contribution in [0.5, 0.6) is 0 Å². The molecular formula is C19H27N3O3. The van der Waals surface area contributed by atoms with Gasteiger partial charge in [0.1, 0.15) is 0 Å². The number of nitrogens with zero attached hydrogens (tertiary/aromatic N) is 3. The van der Waals surface area contributed by atoms with Crippen LogP contribution in [0, 0.1) is 5.92 Å². The van der Waals surface area contributed by atoms with Crippen LogP contribution in [0.15, 0.2) is 18.3 Å². The van der Waals surface area contributed by atoms with Gasteiger partial charge in [-0.25, -0.2) is 0 Å². The number of hydrogen-bond donors (Lipinski definition) is 0. The maximum Gasteiger partial charge on any atom is 0.255 e. The summed E-state index contributed by atoms with van der Waals surface area (Å²) in [6, 6.07) is 3.70. The summed E-state index contributed by atoms with van der Waals surface area (Å²) in [5, 5.41) is 0. The molecule has 0 bridgehead atoms. The lowest BCUT2D eigenvalue weighted by molar-refractivity contribution is -0.128. The predicted octanol–water partition coefficient (Wildman–Crippen LogP) is 1.75. The van der Waals surface area contributed by atoms with Crippen molar-refractivity contribution in [3.8, 4) is 0 Å². The third-order valence-electron chi connectivity index (χ3n) is 5.11. The smallest absolute Gasteiger partial charge is 0.255 e. The maximum absolute atomic E-state index is 12.9. The molecule has 1 aromatic heterocycles. The number of rotatable bonds is 6. The topological polar surface area (TPSA) is 62.7 Å². The normalized spacial score (nSPS) is 21.0. The summed E-state index contributed by atoms with van der Waals surface area (Å²) in [7, 11) is 1.64. The number of pyridine rings is 1. The van der Waals surface area contributed by atoms with Crippen molar-refractivity contribution >= 4 is 11.8 Å². The first-order valence-corrected chi connectivity index (χ1v) is 9.19. The first-order valence-electron chi connectivity index (χ1n) is 9.19. The van der Waals surface area contributed by atoms with Crippen LogP contribution in [0.25, 0.3) is 0 Å². The molecule has 0 spiro atoms. The Morgan fingerprint density at radius 2 is 2.12 bits per heavy atom. The summed E-state index contributed by atoms with van der Waals surface area (Å²) in [5.74, 6) is 0.470. The molecule has 2 saturated heterocycles. The highest BCUT2D eigenvalue weighted by molar-refractivity contribution is 5.95. The molecule has 1 aromatic rings. The molecular weight excluding hydrogens is 318 g/mol. The molecule has 3 heterocycles. The number of carbonyl (C=O) groups is 2. The lowest BCUT2D eigenvalue weighted by Crippen LogP contribution is -2.36. The van der Waals surface area contributed by atoms with E-state index in [1.54, 1.807) is 13.3 Å². The molecule has 2 fully saturated rings. The van der Waals surface area contributed by atoms with Crippen molar-refractivity contribution in [1.82, 2.24) is 14.8 Å². The van der Waals surface area contributed by atoms with Gasteiger partial charge in [0.05, 0.1) is 17.9 Å². The van der Waals surface area contributed by atoms with Crippen LogP contribution in [0.4, 0.5) is 0 Å². The molecule has 6 nitrogen and oxygen atoms in total. The van der Waals surface area contributed by atoms with Gasteiger partial charge < -0.3 is 14.5 Å². The average molecular weight is 345 g/mol. The van der Waals surface area contributed by atoms with E-state index in [1.807, 2.05) is 21.9 Å². The van der Waals surface area contributed by atoms with Gasteiger partial charge in [0, 0.05) is 45.9 Å². The summed E-state index contributed by atoms with van der Waals surface area (Å²) in [5.41, 5.74) is 1.52. The van der Waals surface area contributed by atoms with Crippen molar-refractivity contribution in [3.63, 3.8) is 0 Å². The zero-order valence-corrected chi connectivity index (χ0v) is 14.9.